The van der Waals surface area contributed by atoms with Gasteiger partial charge in [-0.15, -0.1) is 11.3 Å². The molecule has 0 radical (unpaired) electrons. The predicted octanol–water partition coefficient (Wildman–Crippen LogP) is 3.78. The van der Waals surface area contributed by atoms with Crippen LogP contribution < -0.4 is 21.3 Å². The van der Waals surface area contributed by atoms with Gasteiger partial charge in [0, 0.05) is 47.5 Å². The van der Waals surface area contributed by atoms with Crippen molar-refractivity contribution in [2.75, 3.05) is 44.1 Å². The van der Waals surface area contributed by atoms with Crippen molar-refractivity contribution in [2.24, 2.45) is 5.73 Å². The lowest BCUT2D eigenvalue weighted by Crippen LogP contribution is -2.30. The van der Waals surface area contributed by atoms with Gasteiger partial charge in [-0.2, -0.15) is 0 Å². The number of ether oxygens (including phenoxy) is 2. The summed E-state index contributed by atoms with van der Waals surface area (Å²) in [5, 5.41) is 8.79. The second-order valence-corrected chi connectivity index (χ2v) is 7.82. The van der Waals surface area contributed by atoms with Crippen molar-refractivity contribution in [3.05, 3.63) is 69.5 Å². The Bertz CT molecular complexity index is 992. The summed E-state index contributed by atoms with van der Waals surface area (Å²) in [6.45, 7) is 4.01. The van der Waals surface area contributed by atoms with Gasteiger partial charge in [0.1, 0.15) is 23.0 Å². The first-order chi connectivity index (χ1) is 14.1. The fourth-order valence-corrected chi connectivity index (χ4v) is 4.44. The van der Waals surface area contributed by atoms with Crippen LogP contribution in [0.3, 0.4) is 0 Å². The highest BCUT2D eigenvalue weighted by molar-refractivity contribution is 7.11. The van der Waals surface area contributed by atoms with Gasteiger partial charge in [0.2, 0.25) is 0 Å². The van der Waals surface area contributed by atoms with Crippen molar-refractivity contribution >= 4 is 34.0 Å². The third kappa shape index (κ3) is 3.65. The molecule has 2 aromatic rings. The number of fused-ring (bicyclic) bond motifs is 1. The minimum atomic E-state index is 0.578. The van der Waals surface area contributed by atoms with E-state index >= 15 is 0 Å². The zero-order valence-electron chi connectivity index (χ0n) is 16.9. The third-order valence-electron chi connectivity index (χ3n) is 5.01. The van der Waals surface area contributed by atoms with Crippen LogP contribution in [0.5, 0.6) is 0 Å². The molecule has 4 rings (SSSR count). The van der Waals surface area contributed by atoms with Gasteiger partial charge in [-0.05, 0) is 42.6 Å². The fraction of sp³-hybridized carbons (Fsp3) is 0.273. The number of nitrogens with zero attached hydrogens (tertiary/aromatic N) is 1. The van der Waals surface area contributed by atoms with Gasteiger partial charge < -0.3 is 30.7 Å². The predicted molar refractivity (Wildman–Crippen MR) is 120 cm³/mol. The average molecular weight is 411 g/mol. The van der Waals surface area contributed by atoms with E-state index in [4.69, 9.17) is 15.2 Å². The molecule has 0 fully saturated rings. The molecule has 0 atom stereocenters. The van der Waals surface area contributed by atoms with E-state index in [2.05, 4.69) is 58.3 Å². The average Bonchev–Trinajstić information content (AvgIpc) is 3.26. The summed E-state index contributed by atoms with van der Waals surface area (Å²) in [7, 11) is 3.84. The molecule has 0 aliphatic carbocycles. The summed E-state index contributed by atoms with van der Waals surface area (Å²) in [6, 6.07) is 10.5. The van der Waals surface area contributed by atoms with E-state index in [9.17, 15) is 0 Å². The second-order valence-electron chi connectivity index (χ2n) is 6.87. The lowest BCUT2D eigenvalue weighted by molar-refractivity contribution is 0.233. The number of rotatable bonds is 6. The zero-order valence-corrected chi connectivity index (χ0v) is 17.7. The van der Waals surface area contributed by atoms with Crippen molar-refractivity contribution in [3.63, 3.8) is 0 Å². The Morgan fingerprint density at radius 2 is 2.17 bits per heavy atom. The van der Waals surface area contributed by atoms with E-state index in [0.717, 1.165) is 35.1 Å². The Morgan fingerprint density at radius 1 is 1.31 bits per heavy atom. The topological polar surface area (TPSA) is 71.8 Å². The van der Waals surface area contributed by atoms with Crippen LogP contribution in [-0.4, -0.2) is 33.9 Å². The second kappa shape index (κ2) is 8.13. The molecule has 0 spiro atoms. The first-order valence-electron chi connectivity index (χ1n) is 9.63. The lowest BCUT2D eigenvalue weighted by atomic mass is 9.99. The number of benzene rings is 1. The van der Waals surface area contributed by atoms with E-state index in [0.29, 0.717) is 24.6 Å². The van der Waals surface area contributed by atoms with Crippen molar-refractivity contribution < 1.29 is 9.47 Å². The van der Waals surface area contributed by atoms with Crippen molar-refractivity contribution in [2.45, 2.75) is 6.92 Å². The van der Waals surface area contributed by atoms with Gasteiger partial charge in [-0.25, -0.2) is 0 Å². The number of nitrogens with one attached hydrogen (secondary N) is 2. The van der Waals surface area contributed by atoms with E-state index in [1.807, 2.05) is 13.0 Å². The fourth-order valence-electron chi connectivity index (χ4n) is 3.68. The number of hydrogen-bond acceptors (Lipinski definition) is 7. The highest BCUT2D eigenvalue weighted by atomic mass is 32.1. The zero-order chi connectivity index (χ0) is 20.4. The molecule has 1 aromatic heterocycles. The number of hydrogen-bond donors (Lipinski definition) is 3. The smallest absolute Gasteiger partial charge is 0.143 e. The van der Waals surface area contributed by atoms with Gasteiger partial charge in [0.25, 0.3) is 0 Å². The number of thiophene rings is 1. The standard InChI is InChI=1S/C22H26N4O2S/c1-4-28-18-9-10-24-22(20(18)23)25-14-7-8-17-15(12-14)21(27-3)16(13-26(17)2)19-6-5-11-29-19/h5-9,11-12,24-25H,4,10,13,23H2,1-3H3. The molecule has 0 bridgehead atoms. The molecule has 1 aromatic carbocycles. The number of anilines is 2. The molecule has 29 heavy (non-hydrogen) atoms. The van der Waals surface area contributed by atoms with Crippen LogP contribution in [0.15, 0.2) is 59.1 Å². The lowest BCUT2D eigenvalue weighted by Gasteiger charge is -2.31. The quantitative estimate of drug-likeness (QED) is 0.673. The molecular formula is C22H26N4O2S. The van der Waals surface area contributed by atoms with Crippen molar-refractivity contribution in [1.29, 1.82) is 0 Å². The maximum Gasteiger partial charge on any atom is 0.143 e. The van der Waals surface area contributed by atoms with Crippen LogP contribution in [0.25, 0.3) is 11.3 Å². The molecule has 152 valence electrons. The van der Waals surface area contributed by atoms with E-state index in [1.54, 1.807) is 18.4 Å². The summed E-state index contributed by atoms with van der Waals surface area (Å²) in [5.41, 5.74) is 11.2. The molecule has 0 amide bonds. The first-order valence-corrected chi connectivity index (χ1v) is 10.5. The van der Waals surface area contributed by atoms with E-state index in [1.165, 1.54) is 10.5 Å². The summed E-state index contributed by atoms with van der Waals surface area (Å²) >= 11 is 1.73. The summed E-state index contributed by atoms with van der Waals surface area (Å²) in [6.07, 6.45) is 1.95. The minimum Gasteiger partial charge on any atom is -0.496 e. The Hall–Kier alpha value is -3.06. The molecule has 0 unspecified atom stereocenters. The highest BCUT2D eigenvalue weighted by Crippen LogP contribution is 2.40. The summed E-state index contributed by atoms with van der Waals surface area (Å²) in [4.78, 5) is 3.48. The third-order valence-corrected chi connectivity index (χ3v) is 5.94. The van der Waals surface area contributed by atoms with E-state index < -0.39 is 0 Å². The largest absolute Gasteiger partial charge is 0.496 e. The molecule has 3 heterocycles. The molecular weight excluding hydrogens is 384 g/mol. The molecule has 0 saturated heterocycles. The highest BCUT2D eigenvalue weighted by Gasteiger charge is 2.25. The van der Waals surface area contributed by atoms with Crippen LogP contribution in [0.2, 0.25) is 0 Å². The summed E-state index contributed by atoms with van der Waals surface area (Å²) < 4.78 is 11.5. The van der Waals surface area contributed by atoms with Crippen LogP contribution >= 0.6 is 11.3 Å². The Morgan fingerprint density at radius 3 is 2.90 bits per heavy atom. The van der Waals surface area contributed by atoms with Crippen molar-refractivity contribution in [3.8, 4) is 0 Å². The molecule has 7 heteroatoms. The van der Waals surface area contributed by atoms with Gasteiger partial charge in [0.05, 0.1) is 13.7 Å². The maximum atomic E-state index is 6.28. The molecule has 2 aliphatic rings. The molecule has 0 saturated carbocycles. The molecule has 6 nitrogen and oxygen atoms in total. The Kier molecular flexibility index (Phi) is 5.40. The number of nitrogens with two attached hydrogens (primary N) is 1. The van der Waals surface area contributed by atoms with Gasteiger partial charge in [0.15, 0.2) is 0 Å². The minimum absolute atomic E-state index is 0.578. The van der Waals surface area contributed by atoms with Crippen molar-refractivity contribution in [1.82, 2.24) is 5.32 Å². The van der Waals surface area contributed by atoms with Gasteiger partial charge in [-0.1, -0.05) is 6.07 Å². The monoisotopic (exact) mass is 410 g/mol. The first kappa shape index (κ1) is 19.3. The van der Waals surface area contributed by atoms with Crippen LogP contribution in [0, 0.1) is 0 Å². The summed E-state index contributed by atoms with van der Waals surface area (Å²) in [5.74, 6) is 2.38. The van der Waals surface area contributed by atoms with E-state index in [-0.39, 0.29) is 0 Å². The van der Waals surface area contributed by atoms with Gasteiger partial charge >= 0.3 is 0 Å². The maximum absolute atomic E-state index is 6.28. The number of likely N-dealkylation sites (N-methyl/N-ethyl adjacent to an activating group) is 1. The SMILES string of the molecule is CCOC1=CCNC(Nc2ccc3c(c2)C(OC)=C(c2cccs2)CN3C)=C1N. The molecule has 2 aliphatic heterocycles. The van der Waals surface area contributed by atoms with Gasteiger partial charge in [-0.3, -0.25) is 0 Å². The number of methoxy groups -OCH3 is 1. The molecule has 4 N–H and O–H groups in total. The normalized spacial score (nSPS) is 16.2. The Balaban J connectivity index is 1.71. The van der Waals surface area contributed by atoms with Crippen LogP contribution in [0.1, 0.15) is 17.4 Å². The van der Waals surface area contributed by atoms with Crippen LogP contribution in [-0.2, 0) is 9.47 Å². The Labute approximate surface area is 175 Å². The van der Waals surface area contributed by atoms with Crippen LogP contribution in [0.4, 0.5) is 11.4 Å². The number of dihydropyridines is 1.